The summed E-state index contributed by atoms with van der Waals surface area (Å²) >= 11 is 0. The standard InChI is InChI=1S/C41H59NO6Si/c1-11-18-30-23-29(2)24-31(45-30)25-32-26-33(27-37(46-32)36-28-44-41(9,10)42(36)38(43)47-39(3,4)5)48-49(40(6,7)8,34-19-14-12-15-20-34)35-21-16-13-17-22-35/h11-17,19-22,30-33,36-37H,1-2,18,23-28H2,3-10H3/t30-,31+,32+,33+,36+,37+/m0/s1. The molecule has 0 bridgehead atoms. The van der Waals surface area contributed by atoms with Gasteiger partial charge in [-0.25, -0.2) is 4.79 Å². The van der Waals surface area contributed by atoms with Gasteiger partial charge >= 0.3 is 6.09 Å². The molecule has 0 spiro atoms. The minimum Gasteiger partial charge on any atom is -0.444 e. The van der Waals surface area contributed by atoms with Crippen molar-refractivity contribution in [1.29, 1.82) is 0 Å². The van der Waals surface area contributed by atoms with Crippen molar-refractivity contribution in [3.8, 4) is 0 Å². The lowest BCUT2D eigenvalue weighted by atomic mass is 9.90. The highest BCUT2D eigenvalue weighted by Gasteiger charge is 2.55. The normalized spacial score (nSPS) is 27.9. The van der Waals surface area contributed by atoms with Crippen molar-refractivity contribution in [3.05, 3.63) is 85.5 Å². The third-order valence-electron chi connectivity index (χ3n) is 10.1. The SMILES string of the molecule is C=CC[C@H]1CC(=C)C[C@H](C[C@@H]2C[C@@H](O[Si](c3ccccc3)(c3ccccc3)C(C)(C)C)C[C@H]([C@H]3COC(C)(C)N3C(=O)OC(C)(C)C)O2)O1. The van der Waals surface area contributed by atoms with E-state index in [1.165, 1.54) is 15.9 Å². The van der Waals surface area contributed by atoms with E-state index in [2.05, 4.69) is 94.6 Å². The summed E-state index contributed by atoms with van der Waals surface area (Å²) in [5.74, 6) is 0. The molecule has 3 heterocycles. The van der Waals surface area contributed by atoms with Crippen LogP contribution >= 0.6 is 0 Å². The van der Waals surface area contributed by atoms with Gasteiger partial charge in [-0.05, 0) is 75.7 Å². The van der Waals surface area contributed by atoms with Crippen molar-refractivity contribution in [3.63, 3.8) is 0 Å². The van der Waals surface area contributed by atoms with E-state index in [1.807, 2.05) is 40.7 Å². The third-order valence-corrected chi connectivity index (χ3v) is 15.2. The van der Waals surface area contributed by atoms with E-state index in [4.69, 9.17) is 23.4 Å². The maximum absolute atomic E-state index is 13.8. The fourth-order valence-electron chi connectivity index (χ4n) is 8.07. The van der Waals surface area contributed by atoms with E-state index in [9.17, 15) is 4.79 Å². The van der Waals surface area contributed by atoms with Gasteiger partial charge in [0.05, 0.1) is 43.2 Å². The van der Waals surface area contributed by atoms with Gasteiger partial charge in [0.15, 0.2) is 0 Å². The molecular weight excluding hydrogens is 631 g/mol. The molecule has 0 unspecified atom stereocenters. The molecular formula is C41H59NO6Si. The first kappa shape index (κ1) is 37.5. The fourth-order valence-corrected chi connectivity index (χ4v) is 12.8. The average Bonchev–Trinajstić information content (AvgIpc) is 3.34. The topological polar surface area (TPSA) is 66.5 Å². The van der Waals surface area contributed by atoms with Gasteiger partial charge in [-0.15, -0.1) is 6.58 Å². The van der Waals surface area contributed by atoms with Crippen LogP contribution in [-0.4, -0.2) is 73.8 Å². The number of hydrogen-bond donors (Lipinski definition) is 0. The summed E-state index contributed by atoms with van der Waals surface area (Å²) in [5.41, 5.74) is -0.286. The maximum Gasteiger partial charge on any atom is 0.412 e. The third kappa shape index (κ3) is 8.59. The van der Waals surface area contributed by atoms with E-state index < -0.39 is 25.7 Å². The van der Waals surface area contributed by atoms with Gasteiger partial charge in [0.1, 0.15) is 11.3 Å². The first-order chi connectivity index (χ1) is 23.0. The van der Waals surface area contributed by atoms with Crippen molar-refractivity contribution in [1.82, 2.24) is 4.90 Å². The lowest BCUT2D eigenvalue weighted by Gasteiger charge is -2.49. The average molecular weight is 690 g/mol. The van der Waals surface area contributed by atoms with Crippen LogP contribution < -0.4 is 10.4 Å². The van der Waals surface area contributed by atoms with Crippen molar-refractivity contribution in [2.24, 2.45) is 0 Å². The van der Waals surface area contributed by atoms with Crippen molar-refractivity contribution in [2.45, 2.75) is 147 Å². The number of carbonyl (C=O) groups excluding carboxylic acids is 1. The van der Waals surface area contributed by atoms with Crippen LogP contribution in [0.2, 0.25) is 5.04 Å². The summed E-state index contributed by atoms with van der Waals surface area (Å²) in [6, 6.07) is 21.2. The molecule has 5 rings (SSSR count). The van der Waals surface area contributed by atoms with Crippen LogP contribution in [0.15, 0.2) is 85.5 Å². The first-order valence-electron chi connectivity index (χ1n) is 18.1. The van der Waals surface area contributed by atoms with Crippen LogP contribution in [0.3, 0.4) is 0 Å². The van der Waals surface area contributed by atoms with Crippen molar-refractivity contribution < 1.29 is 28.2 Å². The summed E-state index contributed by atoms with van der Waals surface area (Å²) in [7, 11) is -2.87. The number of nitrogens with zero attached hydrogens (tertiary/aromatic N) is 1. The number of hydrogen-bond acceptors (Lipinski definition) is 6. The van der Waals surface area contributed by atoms with Crippen LogP contribution in [0.25, 0.3) is 0 Å². The number of amides is 1. The summed E-state index contributed by atoms with van der Waals surface area (Å²) in [5, 5.41) is 2.31. The molecule has 1 amide bonds. The van der Waals surface area contributed by atoms with Crippen LogP contribution in [0.4, 0.5) is 4.79 Å². The molecule has 6 atom stereocenters. The molecule has 2 aromatic rings. The second-order valence-electron chi connectivity index (χ2n) is 16.6. The molecule has 3 saturated heterocycles. The zero-order valence-electron chi connectivity index (χ0n) is 31.1. The zero-order chi connectivity index (χ0) is 35.6. The smallest absolute Gasteiger partial charge is 0.412 e. The Labute approximate surface area is 296 Å². The molecule has 0 radical (unpaired) electrons. The highest BCUT2D eigenvalue weighted by molar-refractivity contribution is 6.99. The zero-order valence-corrected chi connectivity index (χ0v) is 32.1. The number of benzene rings is 2. The predicted molar refractivity (Wildman–Crippen MR) is 199 cm³/mol. The van der Waals surface area contributed by atoms with E-state index in [1.54, 1.807) is 4.90 Å². The van der Waals surface area contributed by atoms with Gasteiger partial charge in [0.25, 0.3) is 8.32 Å². The minimum atomic E-state index is -2.87. The van der Waals surface area contributed by atoms with E-state index >= 15 is 0 Å². The first-order valence-corrected chi connectivity index (χ1v) is 20.0. The molecule has 0 N–H and O–H groups in total. The van der Waals surface area contributed by atoms with Crippen LogP contribution in [0, 0.1) is 0 Å². The highest BCUT2D eigenvalue weighted by Crippen LogP contribution is 2.42. The second-order valence-corrected chi connectivity index (χ2v) is 20.9. The Bertz CT molecular complexity index is 1390. The van der Waals surface area contributed by atoms with Gasteiger partial charge in [0, 0.05) is 12.8 Å². The molecule has 7 nitrogen and oxygen atoms in total. The Hall–Kier alpha value is -2.75. The summed E-state index contributed by atoms with van der Waals surface area (Å²) in [6.07, 6.45) is 5.52. The molecule has 3 fully saturated rings. The van der Waals surface area contributed by atoms with Gasteiger partial charge in [-0.3, -0.25) is 4.90 Å². The highest BCUT2D eigenvalue weighted by atomic mass is 28.4. The lowest BCUT2D eigenvalue weighted by molar-refractivity contribution is -0.140. The predicted octanol–water partition coefficient (Wildman–Crippen LogP) is 7.92. The quantitative estimate of drug-likeness (QED) is 0.197. The monoisotopic (exact) mass is 689 g/mol. The van der Waals surface area contributed by atoms with Gasteiger partial charge in [-0.1, -0.05) is 99.7 Å². The molecule has 268 valence electrons. The Kier molecular flexibility index (Phi) is 11.4. The summed E-state index contributed by atoms with van der Waals surface area (Å²) in [6.45, 7) is 25.1. The Morgan fingerprint density at radius 3 is 2.06 bits per heavy atom. The second kappa shape index (κ2) is 14.8. The minimum absolute atomic E-state index is 0.0123. The summed E-state index contributed by atoms with van der Waals surface area (Å²) in [4.78, 5) is 15.5. The maximum atomic E-state index is 13.8. The molecule has 0 aromatic heterocycles. The molecule has 0 aliphatic carbocycles. The molecule has 0 saturated carbocycles. The van der Waals surface area contributed by atoms with Crippen molar-refractivity contribution in [2.75, 3.05) is 6.61 Å². The molecule has 8 heteroatoms. The Morgan fingerprint density at radius 2 is 1.51 bits per heavy atom. The lowest BCUT2D eigenvalue weighted by Crippen LogP contribution is -2.68. The summed E-state index contributed by atoms with van der Waals surface area (Å²) < 4.78 is 33.6. The molecule has 3 aliphatic rings. The van der Waals surface area contributed by atoms with Crippen molar-refractivity contribution >= 4 is 24.8 Å². The fraction of sp³-hybridized carbons (Fsp3) is 0.585. The Balaban J connectivity index is 1.53. The molecule has 2 aromatic carbocycles. The van der Waals surface area contributed by atoms with Crippen LogP contribution in [0.5, 0.6) is 0 Å². The molecule has 3 aliphatic heterocycles. The Morgan fingerprint density at radius 1 is 0.918 bits per heavy atom. The van der Waals surface area contributed by atoms with Crippen LogP contribution in [-0.2, 0) is 23.4 Å². The van der Waals surface area contributed by atoms with Crippen LogP contribution in [0.1, 0.15) is 93.9 Å². The number of carbonyl (C=O) groups is 1. The van der Waals surface area contributed by atoms with E-state index in [0.29, 0.717) is 19.4 Å². The van der Waals surface area contributed by atoms with Gasteiger partial charge in [0.2, 0.25) is 0 Å². The number of ether oxygens (including phenoxy) is 4. The van der Waals surface area contributed by atoms with E-state index in [0.717, 1.165) is 25.7 Å². The number of rotatable bonds is 9. The van der Waals surface area contributed by atoms with Gasteiger partial charge < -0.3 is 23.4 Å². The van der Waals surface area contributed by atoms with E-state index in [-0.39, 0.29) is 41.6 Å². The largest absolute Gasteiger partial charge is 0.444 e. The molecule has 49 heavy (non-hydrogen) atoms. The van der Waals surface area contributed by atoms with Gasteiger partial charge in [-0.2, -0.15) is 0 Å².